The SMILES string of the molecule is c1ccc(CN(Cc2nnc(-c3cccs3)o2)C2CC2)cc1. The van der Waals surface area contributed by atoms with Crippen LogP contribution in [0, 0.1) is 0 Å². The van der Waals surface area contributed by atoms with E-state index in [9.17, 15) is 0 Å². The van der Waals surface area contributed by atoms with Gasteiger partial charge in [-0.05, 0) is 29.9 Å². The Hall–Kier alpha value is -1.98. The molecule has 4 nitrogen and oxygen atoms in total. The van der Waals surface area contributed by atoms with Gasteiger partial charge in [-0.2, -0.15) is 0 Å². The summed E-state index contributed by atoms with van der Waals surface area (Å²) in [5, 5.41) is 10.4. The number of benzene rings is 1. The molecule has 0 unspecified atom stereocenters. The molecular formula is C17H17N3OS. The van der Waals surface area contributed by atoms with Crippen molar-refractivity contribution >= 4 is 11.3 Å². The van der Waals surface area contributed by atoms with Crippen LogP contribution >= 0.6 is 11.3 Å². The molecule has 0 spiro atoms. The van der Waals surface area contributed by atoms with Crippen LogP contribution in [0.5, 0.6) is 0 Å². The number of aromatic nitrogens is 2. The minimum atomic E-state index is 0.625. The Morgan fingerprint density at radius 3 is 2.64 bits per heavy atom. The normalized spacial score (nSPS) is 14.6. The van der Waals surface area contributed by atoms with Gasteiger partial charge in [-0.1, -0.05) is 36.4 Å². The quantitative estimate of drug-likeness (QED) is 0.691. The van der Waals surface area contributed by atoms with Crippen molar-refractivity contribution in [1.82, 2.24) is 15.1 Å². The van der Waals surface area contributed by atoms with Crippen molar-refractivity contribution in [2.75, 3.05) is 0 Å². The monoisotopic (exact) mass is 311 g/mol. The average Bonchev–Trinajstić information content (AvgIpc) is 3.06. The van der Waals surface area contributed by atoms with Gasteiger partial charge in [-0.3, -0.25) is 4.90 Å². The molecule has 1 saturated carbocycles. The van der Waals surface area contributed by atoms with Gasteiger partial charge in [-0.15, -0.1) is 21.5 Å². The van der Waals surface area contributed by atoms with Crippen molar-refractivity contribution in [3.8, 4) is 10.8 Å². The Bertz CT molecular complexity index is 719. The minimum Gasteiger partial charge on any atom is -0.419 e. The molecule has 2 aromatic heterocycles. The molecule has 1 fully saturated rings. The first kappa shape index (κ1) is 13.7. The van der Waals surface area contributed by atoms with Gasteiger partial charge in [0, 0.05) is 12.6 Å². The van der Waals surface area contributed by atoms with Gasteiger partial charge in [0.1, 0.15) is 0 Å². The molecule has 112 valence electrons. The number of thiophene rings is 1. The van der Waals surface area contributed by atoms with E-state index >= 15 is 0 Å². The van der Waals surface area contributed by atoms with Crippen LogP contribution in [-0.4, -0.2) is 21.1 Å². The van der Waals surface area contributed by atoms with Crippen LogP contribution in [0.3, 0.4) is 0 Å². The molecule has 4 rings (SSSR count). The zero-order valence-corrected chi connectivity index (χ0v) is 13.0. The first-order valence-corrected chi connectivity index (χ1v) is 8.41. The fraction of sp³-hybridized carbons (Fsp3) is 0.294. The molecular weight excluding hydrogens is 294 g/mol. The van der Waals surface area contributed by atoms with Gasteiger partial charge in [0.05, 0.1) is 11.4 Å². The molecule has 0 atom stereocenters. The van der Waals surface area contributed by atoms with Gasteiger partial charge in [-0.25, -0.2) is 0 Å². The second kappa shape index (κ2) is 6.02. The van der Waals surface area contributed by atoms with Gasteiger partial charge in [0.2, 0.25) is 5.89 Å². The van der Waals surface area contributed by atoms with Gasteiger partial charge >= 0.3 is 0 Å². The third kappa shape index (κ3) is 3.10. The summed E-state index contributed by atoms with van der Waals surface area (Å²) in [6.45, 7) is 1.65. The highest BCUT2D eigenvalue weighted by Crippen LogP contribution is 2.30. The third-order valence-electron chi connectivity index (χ3n) is 3.83. The summed E-state index contributed by atoms with van der Waals surface area (Å²) in [6, 6.07) is 15.2. The Kier molecular flexibility index (Phi) is 3.74. The van der Waals surface area contributed by atoms with Gasteiger partial charge in [0.15, 0.2) is 0 Å². The standard InChI is InChI=1S/C17H17N3OS/c1-2-5-13(6-3-1)11-20(14-8-9-14)12-16-18-19-17(21-16)15-7-4-10-22-15/h1-7,10,14H,8-9,11-12H2. The average molecular weight is 311 g/mol. The van der Waals surface area contributed by atoms with Crippen LogP contribution in [0.1, 0.15) is 24.3 Å². The molecule has 1 aliphatic rings. The molecule has 1 aliphatic carbocycles. The topological polar surface area (TPSA) is 42.2 Å². The summed E-state index contributed by atoms with van der Waals surface area (Å²) in [5.41, 5.74) is 1.33. The van der Waals surface area contributed by atoms with Crippen LogP contribution in [-0.2, 0) is 13.1 Å². The first-order valence-electron chi connectivity index (χ1n) is 7.53. The van der Waals surface area contributed by atoms with Crippen molar-refractivity contribution < 1.29 is 4.42 Å². The Labute approximate surface area is 133 Å². The van der Waals surface area contributed by atoms with Crippen molar-refractivity contribution in [1.29, 1.82) is 0 Å². The molecule has 3 aromatic rings. The maximum absolute atomic E-state index is 5.82. The molecule has 0 amide bonds. The van der Waals surface area contributed by atoms with Crippen LogP contribution < -0.4 is 0 Å². The van der Waals surface area contributed by atoms with E-state index in [1.165, 1.54) is 18.4 Å². The lowest BCUT2D eigenvalue weighted by Crippen LogP contribution is -2.25. The lowest BCUT2D eigenvalue weighted by molar-refractivity contribution is 0.221. The van der Waals surface area contributed by atoms with E-state index in [4.69, 9.17) is 4.42 Å². The number of nitrogens with zero attached hydrogens (tertiary/aromatic N) is 3. The smallest absolute Gasteiger partial charge is 0.257 e. The van der Waals surface area contributed by atoms with Crippen LogP contribution in [0.2, 0.25) is 0 Å². The molecule has 22 heavy (non-hydrogen) atoms. The molecule has 0 aliphatic heterocycles. The maximum Gasteiger partial charge on any atom is 0.257 e. The summed E-state index contributed by atoms with van der Waals surface area (Å²) in [6.07, 6.45) is 2.53. The molecule has 2 heterocycles. The van der Waals surface area contributed by atoms with E-state index in [-0.39, 0.29) is 0 Å². The van der Waals surface area contributed by atoms with Crippen LogP contribution in [0.25, 0.3) is 10.8 Å². The van der Waals surface area contributed by atoms with Crippen molar-refractivity contribution in [3.05, 3.63) is 59.3 Å². The molecule has 0 radical (unpaired) electrons. The van der Waals surface area contributed by atoms with E-state index < -0.39 is 0 Å². The number of rotatable bonds is 6. The van der Waals surface area contributed by atoms with Crippen molar-refractivity contribution in [3.63, 3.8) is 0 Å². The summed E-state index contributed by atoms with van der Waals surface area (Å²) < 4.78 is 5.82. The van der Waals surface area contributed by atoms with E-state index in [2.05, 4.69) is 45.4 Å². The largest absolute Gasteiger partial charge is 0.419 e. The minimum absolute atomic E-state index is 0.625. The third-order valence-corrected chi connectivity index (χ3v) is 4.69. The Morgan fingerprint density at radius 2 is 1.91 bits per heavy atom. The summed E-state index contributed by atoms with van der Waals surface area (Å²) in [4.78, 5) is 3.46. The van der Waals surface area contributed by atoms with Crippen molar-refractivity contribution in [2.45, 2.75) is 32.0 Å². The van der Waals surface area contributed by atoms with E-state index in [1.54, 1.807) is 11.3 Å². The zero-order valence-electron chi connectivity index (χ0n) is 12.2. The highest BCUT2D eigenvalue weighted by molar-refractivity contribution is 7.13. The van der Waals surface area contributed by atoms with Gasteiger partial charge < -0.3 is 4.42 Å². The van der Waals surface area contributed by atoms with Crippen LogP contribution in [0.4, 0.5) is 0 Å². The Morgan fingerprint density at radius 1 is 1.05 bits per heavy atom. The van der Waals surface area contributed by atoms with Gasteiger partial charge in [0.25, 0.3) is 5.89 Å². The molecule has 0 bridgehead atoms. The first-order chi connectivity index (χ1) is 10.9. The number of hydrogen-bond acceptors (Lipinski definition) is 5. The second-order valence-electron chi connectivity index (χ2n) is 5.60. The fourth-order valence-electron chi connectivity index (χ4n) is 2.56. The second-order valence-corrected chi connectivity index (χ2v) is 6.55. The lowest BCUT2D eigenvalue weighted by Gasteiger charge is -2.19. The number of hydrogen-bond donors (Lipinski definition) is 0. The van der Waals surface area contributed by atoms with E-state index in [0.717, 1.165) is 18.0 Å². The van der Waals surface area contributed by atoms with E-state index in [1.807, 2.05) is 17.5 Å². The van der Waals surface area contributed by atoms with Crippen LogP contribution in [0.15, 0.2) is 52.3 Å². The summed E-state index contributed by atoms with van der Waals surface area (Å²) in [7, 11) is 0. The summed E-state index contributed by atoms with van der Waals surface area (Å²) >= 11 is 1.62. The fourth-order valence-corrected chi connectivity index (χ4v) is 3.21. The van der Waals surface area contributed by atoms with E-state index in [0.29, 0.717) is 17.8 Å². The zero-order chi connectivity index (χ0) is 14.8. The molecule has 0 N–H and O–H groups in total. The lowest BCUT2D eigenvalue weighted by atomic mass is 10.2. The predicted octanol–water partition coefficient (Wildman–Crippen LogP) is 3.96. The van der Waals surface area contributed by atoms with Crippen molar-refractivity contribution in [2.24, 2.45) is 0 Å². The highest BCUT2D eigenvalue weighted by atomic mass is 32.1. The molecule has 1 aromatic carbocycles. The molecule has 0 saturated heterocycles. The summed E-state index contributed by atoms with van der Waals surface area (Å²) in [5.74, 6) is 1.33. The maximum atomic E-state index is 5.82. The predicted molar refractivity (Wildman–Crippen MR) is 86.3 cm³/mol. The highest BCUT2D eigenvalue weighted by Gasteiger charge is 2.30. The molecule has 5 heteroatoms. The Balaban J connectivity index is 1.48.